The maximum Gasteiger partial charge on any atom is 0.155 e. The van der Waals surface area contributed by atoms with Crippen LogP contribution in [-0.4, -0.2) is 17.4 Å². The van der Waals surface area contributed by atoms with Gasteiger partial charge in [-0.3, -0.25) is 4.98 Å². The molecule has 0 aliphatic carbocycles. The van der Waals surface area contributed by atoms with Gasteiger partial charge in [-0.25, -0.2) is 4.39 Å². The normalized spacial score (nSPS) is 12.4. The van der Waals surface area contributed by atoms with Gasteiger partial charge in [0.2, 0.25) is 0 Å². The molecule has 0 fully saturated rings. The Hall–Kier alpha value is -1.25. The quantitative estimate of drug-likeness (QED) is 0.637. The van der Waals surface area contributed by atoms with Crippen molar-refractivity contribution in [3.05, 3.63) is 30.1 Å². The molecule has 0 aliphatic heterocycles. The van der Waals surface area contributed by atoms with Crippen molar-refractivity contribution in [2.24, 2.45) is 0 Å². The van der Waals surface area contributed by atoms with E-state index in [4.69, 9.17) is 0 Å². The van der Waals surface area contributed by atoms with E-state index in [-0.39, 0.29) is 6.42 Å². The van der Waals surface area contributed by atoms with Gasteiger partial charge in [-0.15, -0.1) is 0 Å². The van der Waals surface area contributed by atoms with Crippen molar-refractivity contribution < 1.29 is 9.18 Å². The molecule has 0 bridgehead atoms. The van der Waals surface area contributed by atoms with E-state index < -0.39 is 6.17 Å². The van der Waals surface area contributed by atoms with Crippen LogP contribution in [0.2, 0.25) is 0 Å². The highest BCUT2D eigenvalue weighted by Crippen LogP contribution is 2.03. The van der Waals surface area contributed by atoms with Crippen LogP contribution in [0.4, 0.5) is 4.39 Å². The van der Waals surface area contributed by atoms with Crippen molar-refractivity contribution in [1.29, 1.82) is 0 Å². The maximum atomic E-state index is 12.4. The zero-order chi connectivity index (χ0) is 8.81. The summed E-state index contributed by atoms with van der Waals surface area (Å²) in [6.07, 6.45) is 3.14. The average molecular weight is 167 g/mol. The van der Waals surface area contributed by atoms with Crippen molar-refractivity contribution in [1.82, 2.24) is 4.98 Å². The standard InChI is InChI=1S/C9H10FNO/c10-9(7-12)4-3-8-2-1-5-11-6-8/h1-2,5-7,9H,3-4H2. The van der Waals surface area contributed by atoms with Crippen LogP contribution in [0.3, 0.4) is 0 Å². The lowest BCUT2D eigenvalue weighted by molar-refractivity contribution is -0.112. The van der Waals surface area contributed by atoms with Crippen LogP contribution < -0.4 is 0 Å². The fourth-order valence-electron chi connectivity index (χ4n) is 0.919. The van der Waals surface area contributed by atoms with Crippen LogP contribution in [0.15, 0.2) is 24.5 Å². The number of rotatable bonds is 4. The molecule has 0 saturated carbocycles. The molecule has 1 aromatic heterocycles. The highest BCUT2D eigenvalue weighted by molar-refractivity contribution is 5.55. The average Bonchev–Trinajstić information content (AvgIpc) is 2.16. The number of carbonyl (C=O) groups is 1. The first-order valence-electron chi connectivity index (χ1n) is 3.81. The van der Waals surface area contributed by atoms with Crippen LogP contribution in [0.1, 0.15) is 12.0 Å². The predicted octanol–water partition coefficient (Wildman–Crippen LogP) is 1.55. The van der Waals surface area contributed by atoms with E-state index in [2.05, 4.69) is 4.98 Å². The number of halogens is 1. The van der Waals surface area contributed by atoms with Gasteiger partial charge in [0.25, 0.3) is 0 Å². The summed E-state index contributed by atoms with van der Waals surface area (Å²) in [6, 6.07) is 3.66. The molecule has 3 heteroatoms. The maximum absolute atomic E-state index is 12.4. The number of carbonyl (C=O) groups excluding carboxylic acids is 1. The van der Waals surface area contributed by atoms with Gasteiger partial charge >= 0.3 is 0 Å². The van der Waals surface area contributed by atoms with E-state index in [0.717, 1.165) is 5.56 Å². The SMILES string of the molecule is O=CC(F)CCc1cccnc1. The van der Waals surface area contributed by atoms with Gasteiger partial charge in [-0.1, -0.05) is 6.07 Å². The Bertz CT molecular complexity index is 238. The Morgan fingerprint density at radius 2 is 2.50 bits per heavy atom. The number of hydrogen-bond donors (Lipinski definition) is 0. The van der Waals surface area contributed by atoms with Crippen molar-refractivity contribution >= 4 is 6.29 Å². The summed E-state index contributed by atoms with van der Waals surface area (Å²) in [5.41, 5.74) is 0.960. The second kappa shape index (κ2) is 4.59. The molecule has 0 spiro atoms. The first-order chi connectivity index (χ1) is 5.83. The lowest BCUT2D eigenvalue weighted by atomic mass is 10.1. The molecule has 1 unspecified atom stereocenters. The van der Waals surface area contributed by atoms with Gasteiger partial charge in [0.1, 0.15) is 0 Å². The predicted molar refractivity (Wildman–Crippen MR) is 43.5 cm³/mol. The fraction of sp³-hybridized carbons (Fsp3) is 0.333. The van der Waals surface area contributed by atoms with Crippen molar-refractivity contribution in [3.8, 4) is 0 Å². The largest absolute Gasteiger partial charge is 0.300 e. The number of aldehydes is 1. The Morgan fingerprint density at radius 3 is 3.08 bits per heavy atom. The van der Waals surface area contributed by atoms with Crippen LogP contribution in [-0.2, 0) is 11.2 Å². The van der Waals surface area contributed by atoms with Gasteiger partial charge in [0.05, 0.1) is 0 Å². The molecule has 0 saturated heterocycles. The van der Waals surface area contributed by atoms with Crippen LogP contribution in [0, 0.1) is 0 Å². The molecule has 2 nitrogen and oxygen atoms in total. The Balaban J connectivity index is 2.38. The minimum atomic E-state index is -1.34. The van der Waals surface area contributed by atoms with Gasteiger partial charge < -0.3 is 4.79 Å². The Kier molecular flexibility index (Phi) is 3.38. The smallest absolute Gasteiger partial charge is 0.155 e. The molecule has 0 amide bonds. The van der Waals surface area contributed by atoms with E-state index in [1.165, 1.54) is 0 Å². The zero-order valence-corrected chi connectivity index (χ0v) is 6.61. The fourth-order valence-corrected chi connectivity index (χ4v) is 0.919. The second-order valence-electron chi connectivity index (χ2n) is 2.55. The van der Waals surface area contributed by atoms with Gasteiger partial charge in [0, 0.05) is 12.4 Å². The number of aromatic nitrogens is 1. The van der Waals surface area contributed by atoms with Gasteiger partial charge in [-0.05, 0) is 24.5 Å². The topological polar surface area (TPSA) is 30.0 Å². The van der Waals surface area contributed by atoms with Crippen molar-refractivity contribution in [2.45, 2.75) is 19.0 Å². The molecule has 1 aromatic rings. The third-order valence-electron chi connectivity index (χ3n) is 1.58. The Morgan fingerprint density at radius 1 is 1.67 bits per heavy atom. The molecule has 0 N–H and O–H groups in total. The van der Waals surface area contributed by atoms with Crippen LogP contribution in [0.25, 0.3) is 0 Å². The van der Waals surface area contributed by atoms with E-state index >= 15 is 0 Å². The summed E-state index contributed by atoms with van der Waals surface area (Å²) in [6.45, 7) is 0. The number of aryl methyl sites for hydroxylation is 1. The molecule has 12 heavy (non-hydrogen) atoms. The second-order valence-corrected chi connectivity index (χ2v) is 2.55. The van der Waals surface area contributed by atoms with E-state index in [0.29, 0.717) is 12.7 Å². The van der Waals surface area contributed by atoms with Crippen molar-refractivity contribution in [3.63, 3.8) is 0 Å². The first-order valence-corrected chi connectivity index (χ1v) is 3.81. The van der Waals surface area contributed by atoms with E-state index in [1.807, 2.05) is 6.07 Å². The molecular weight excluding hydrogens is 157 g/mol. The summed E-state index contributed by atoms with van der Waals surface area (Å²) >= 11 is 0. The lowest BCUT2D eigenvalue weighted by Gasteiger charge is -1.99. The number of hydrogen-bond acceptors (Lipinski definition) is 2. The lowest BCUT2D eigenvalue weighted by Crippen LogP contribution is -2.02. The molecule has 1 heterocycles. The molecule has 1 atom stereocenters. The zero-order valence-electron chi connectivity index (χ0n) is 6.61. The van der Waals surface area contributed by atoms with Crippen LogP contribution >= 0.6 is 0 Å². The third-order valence-corrected chi connectivity index (χ3v) is 1.58. The summed E-state index contributed by atoms with van der Waals surface area (Å²) in [5, 5.41) is 0. The van der Waals surface area contributed by atoms with E-state index in [1.54, 1.807) is 18.5 Å². The molecule has 64 valence electrons. The molecular formula is C9H10FNO. The highest BCUT2D eigenvalue weighted by Gasteiger charge is 2.03. The first kappa shape index (κ1) is 8.84. The molecule has 0 aliphatic rings. The molecule has 0 radical (unpaired) electrons. The third kappa shape index (κ3) is 2.78. The summed E-state index contributed by atoms with van der Waals surface area (Å²) < 4.78 is 12.4. The molecule has 0 aromatic carbocycles. The minimum Gasteiger partial charge on any atom is -0.300 e. The number of pyridine rings is 1. The summed E-state index contributed by atoms with van der Waals surface area (Å²) in [4.78, 5) is 13.8. The van der Waals surface area contributed by atoms with E-state index in [9.17, 15) is 9.18 Å². The number of nitrogens with zero attached hydrogens (tertiary/aromatic N) is 1. The Labute approximate surface area is 70.4 Å². The summed E-state index contributed by atoms with van der Waals surface area (Å²) in [5.74, 6) is 0. The van der Waals surface area contributed by atoms with Gasteiger partial charge in [0.15, 0.2) is 12.5 Å². The summed E-state index contributed by atoms with van der Waals surface area (Å²) in [7, 11) is 0. The van der Waals surface area contributed by atoms with Crippen molar-refractivity contribution in [2.75, 3.05) is 0 Å². The van der Waals surface area contributed by atoms with Gasteiger partial charge in [-0.2, -0.15) is 0 Å². The number of alkyl halides is 1. The minimum absolute atomic E-state index is 0.245. The van der Waals surface area contributed by atoms with Crippen LogP contribution in [0.5, 0.6) is 0 Å². The molecule has 1 rings (SSSR count). The monoisotopic (exact) mass is 167 g/mol. The highest BCUT2D eigenvalue weighted by atomic mass is 19.1.